The second-order valence-corrected chi connectivity index (χ2v) is 5.72. The molecule has 15 heavy (non-hydrogen) atoms. The smallest absolute Gasteiger partial charge is 0.0223 e. The van der Waals surface area contributed by atoms with E-state index in [4.69, 9.17) is 0 Å². The fourth-order valence-corrected chi connectivity index (χ4v) is 3.57. The molecule has 2 unspecified atom stereocenters. The van der Waals surface area contributed by atoms with Crippen LogP contribution in [0.25, 0.3) is 0 Å². The lowest BCUT2D eigenvalue weighted by Crippen LogP contribution is -2.39. The number of hydrogen-bond donors (Lipinski definition) is 1. The minimum Gasteiger partial charge on any atom is -0.313 e. The van der Waals surface area contributed by atoms with E-state index < -0.39 is 0 Å². The molecule has 1 aliphatic heterocycles. The summed E-state index contributed by atoms with van der Waals surface area (Å²) in [7, 11) is 0. The van der Waals surface area contributed by atoms with Gasteiger partial charge in [0.2, 0.25) is 0 Å². The van der Waals surface area contributed by atoms with Crippen molar-refractivity contribution in [1.29, 1.82) is 0 Å². The van der Waals surface area contributed by atoms with E-state index in [2.05, 4.69) is 37.5 Å². The van der Waals surface area contributed by atoms with Crippen LogP contribution in [0.1, 0.15) is 46.0 Å². The highest BCUT2D eigenvalue weighted by atomic mass is 32.2. The molecule has 1 fully saturated rings. The SMILES string of the molecule is C=C(CC)CC(NCC)C1CCCCS1. The van der Waals surface area contributed by atoms with Gasteiger partial charge in [-0.2, -0.15) is 11.8 Å². The van der Waals surface area contributed by atoms with E-state index in [9.17, 15) is 0 Å². The molecule has 2 heteroatoms. The van der Waals surface area contributed by atoms with E-state index in [0.717, 1.165) is 18.2 Å². The summed E-state index contributed by atoms with van der Waals surface area (Å²) in [5, 5.41) is 4.46. The molecular formula is C13H25NS. The monoisotopic (exact) mass is 227 g/mol. The van der Waals surface area contributed by atoms with E-state index in [1.807, 2.05) is 0 Å². The van der Waals surface area contributed by atoms with Crippen molar-refractivity contribution in [2.75, 3.05) is 12.3 Å². The molecule has 88 valence electrons. The van der Waals surface area contributed by atoms with Gasteiger partial charge in [-0.1, -0.05) is 32.4 Å². The summed E-state index contributed by atoms with van der Waals surface area (Å²) in [4.78, 5) is 0. The van der Waals surface area contributed by atoms with E-state index >= 15 is 0 Å². The maximum absolute atomic E-state index is 4.14. The highest BCUT2D eigenvalue weighted by Gasteiger charge is 2.23. The molecule has 0 amide bonds. The van der Waals surface area contributed by atoms with Crippen molar-refractivity contribution in [3.05, 3.63) is 12.2 Å². The first-order chi connectivity index (χ1) is 7.27. The van der Waals surface area contributed by atoms with Crippen LogP contribution in [-0.4, -0.2) is 23.6 Å². The Hall–Kier alpha value is 0.0500. The van der Waals surface area contributed by atoms with Crippen LogP contribution in [0.4, 0.5) is 0 Å². The molecule has 0 aromatic carbocycles. The Morgan fingerprint density at radius 3 is 2.80 bits per heavy atom. The first-order valence-corrected chi connectivity index (χ1v) is 7.34. The normalized spacial score (nSPS) is 23.7. The van der Waals surface area contributed by atoms with Gasteiger partial charge in [0, 0.05) is 11.3 Å². The lowest BCUT2D eigenvalue weighted by molar-refractivity contribution is 0.468. The van der Waals surface area contributed by atoms with Gasteiger partial charge in [-0.25, -0.2) is 0 Å². The highest BCUT2D eigenvalue weighted by Crippen LogP contribution is 2.30. The molecule has 1 saturated heterocycles. The minimum atomic E-state index is 0.660. The third-order valence-corrected chi connectivity index (χ3v) is 4.66. The Kier molecular flexibility index (Phi) is 6.42. The molecule has 0 aromatic heterocycles. The van der Waals surface area contributed by atoms with Gasteiger partial charge in [-0.05, 0) is 38.0 Å². The molecule has 2 atom stereocenters. The van der Waals surface area contributed by atoms with Crippen LogP contribution in [0.15, 0.2) is 12.2 Å². The molecule has 0 aromatic rings. The van der Waals surface area contributed by atoms with Crippen LogP contribution in [0.2, 0.25) is 0 Å². The second-order valence-electron chi connectivity index (χ2n) is 4.38. The zero-order chi connectivity index (χ0) is 11.1. The van der Waals surface area contributed by atoms with Gasteiger partial charge < -0.3 is 5.32 Å². The number of nitrogens with one attached hydrogen (secondary N) is 1. The molecule has 1 heterocycles. The molecular weight excluding hydrogens is 202 g/mol. The van der Waals surface area contributed by atoms with Crippen LogP contribution < -0.4 is 5.32 Å². The van der Waals surface area contributed by atoms with Gasteiger partial charge >= 0.3 is 0 Å². The van der Waals surface area contributed by atoms with Crippen molar-refractivity contribution in [3.63, 3.8) is 0 Å². The van der Waals surface area contributed by atoms with Crippen molar-refractivity contribution < 1.29 is 0 Å². The number of hydrogen-bond acceptors (Lipinski definition) is 2. The summed E-state index contributed by atoms with van der Waals surface area (Å²) >= 11 is 2.16. The van der Waals surface area contributed by atoms with Crippen molar-refractivity contribution in [1.82, 2.24) is 5.32 Å². The van der Waals surface area contributed by atoms with Crippen molar-refractivity contribution in [3.8, 4) is 0 Å². The first-order valence-electron chi connectivity index (χ1n) is 6.29. The van der Waals surface area contributed by atoms with Gasteiger partial charge in [0.15, 0.2) is 0 Å². The van der Waals surface area contributed by atoms with Crippen molar-refractivity contribution in [2.45, 2.75) is 57.2 Å². The fourth-order valence-electron chi connectivity index (χ4n) is 2.14. The fraction of sp³-hybridized carbons (Fsp3) is 0.846. The van der Waals surface area contributed by atoms with Gasteiger partial charge in [0.25, 0.3) is 0 Å². The third-order valence-electron chi connectivity index (χ3n) is 3.14. The zero-order valence-electron chi connectivity index (χ0n) is 10.2. The van der Waals surface area contributed by atoms with E-state index in [1.165, 1.54) is 37.0 Å². The molecule has 1 nitrogen and oxygen atoms in total. The highest BCUT2D eigenvalue weighted by molar-refractivity contribution is 8.00. The molecule has 0 spiro atoms. The summed E-state index contributed by atoms with van der Waals surface area (Å²) in [5.74, 6) is 1.35. The molecule has 0 aliphatic carbocycles. The van der Waals surface area contributed by atoms with Crippen molar-refractivity contribution >= 4 is 11.8 Å². The third kappa shape index (κ3) is 4.60. The zero-order valence-corrected chi connectivity index (χ0v) is 11.0. The van der Waals surface area contributed by atoms with E-state index in [1.54, 1.807) is 0 Å². The Morgan fingerprint density at radius 1 is 1.47 bits per heavy atom. The minimum absolute atomic E-state index is 0.660. The van der Waals surface area contributed by atoms with E-state index in [0.29, 0.717) is 6.04 Å². The summed E-state index contributed by atoms with van der Waals surface area (Å²) in [6, 6.07) is 0.660. The number of thioether (sulfide) groups is 1. The topological polar surface area (TPSA) is 12.0 Å². The van der Waals surface area contributed by atoms with Crippen LogP contribution in [0.5, 0.6) is 0 Å². The molecule has 0 radical (unpaired) electrons. The van der Waals surface area contributed by atoms with Gasteiger partial charge in [0.05, 0.1) is 0 Å². The first kappa shape index (κ1) is 13.1. The molecule has 1 N–H and O–H groups in total. The van der Waals surface area contributed by atoms with E-state index in [-0.39, 0.29) is 0 Å². The Morgan fingerprint density at radius 2 is 2.27 bits per heavy atom. The molecule has 0 bridgehead atoms. The van der Waals surface area contributed by atoms with Gasteiger partial charge in [-0.3, -0.25) is 0 Å². The predicted molar refractivity (Wildman–Crippen MR) is 71.6 cm³/mol. The summed E-state index contributed by atoms with van der Waals surface area (Å²) in [6.07, 6.45) is 6.51. The van der Waals surface area contributed by atoms with Crippen molar-refractivity contribution in [2.24, 2.45) is 0 Å². The molecule has 0 saturated carbocycles. The predicted octanol–water partition coefficient (Wildman–Crippen LogP) is 3.61. The van der Waals surface area contributed by atoms with Crippen LogP contribution >= 0.6 is 11.8 Å². The van der Waals surface area contributed by atoms with Gasteiger partial charge in [0.1, 0.15) is 0 Å². The van der Waals surface area contributed by atoms with Crippen LogP contribution in [0, 0.1) is 0 Å². The summed E-state index contributed by atoms with van der Waals surface area (Å²) in [5.41, 5.74) is 1.40. The maximum Gasteiger partial charge on any atom is 0.0223 e. The number of rotatable bonds is 6. The Balaban J connectivity index is 2.43. The average molecular weight is 227 g/mol. The van der Waals surface area contributed by atoms with Crippen LogP contribution in [0.3, 0.4) is 0 Å². The lowest BCUT2D eigenvalue weighted by atomic mass is 9.99. The quantitative estimate of drug-likeness (QED) is 0.696. The average Bonchev–Trinajstić information content (AvgIpc) is 2.29. The second kappa shape index (κ2) is 7.34. The molecule has 1 rings (SSSR count). The Bertz CT molecular complexity index is 185. The lowest BCUT2D eigenvalue weighted by Gasteiger charge is -2.30. The maximum atomic E-state index is 4.14. The summed E-state index contributed by atoms with van der Waals surface area (Å²) in [6.45, 7) is 9.63. The largest absolute Gasteiger partial charge is 0.313 e. The molecule has 1 aliphatic rings. The summed E-state index contributed by atoms with van der Waals surface area (Å²) < 4.78 is 0. The Labute approximate surface area is 99.1 Å². The van der Waals surface area contributed by atoms with Gasteiger partial charge in [-0.15, -0.1) is 0 Å². The van der Waals surface area contributed by atoms with Crippen LogP contribution in [-0.2, 0) is 0 Å². The standard InChI is InChI=1S/C13H25NS/c1-4-11(3)10-12(14-5-2)13-8-6-7-9-15-13/h12-14H,3-10H2,1-2H3.